The van der Waals surface area contributed by atoms with E-state index in [0.29, 0.717) is 6.54 Å². The van der Waals surface area contributed by atoms with Gasteiger partial charge < -0.3 is 15.1 Å². The second-order valence-corrected chi connectivity index (χ2v) is 7.25. The van der Waals surface area contributed by atoms with Gasteiger partial charge in [0, 0.05) is 49.5 Å². The summed E-state index contributed by atoms with van der Waals surface area (Å²) < 4.78 is 0. The van der Waals surface area contributed by atoms with E-state index in [9.17, 15) is 0 Å². The molecule has 134 valence electrons. The number of thiazole rings is 1. The third-order valence-electron chi connectivity index (χ3n) is 4.35. The molecule has 1 aliphatic heterocycles. The van der Waals surface area contributed by atoms with Gasteiger partial charge in [-0.25, -0.2) is 9.98 Å². The van der Waals surface area contributed by atoms with Gasteiger partial charge in [-0.3, -0.25) is 0 Å². The first kappa shape index (κ1) is 17.7. The molecule has 0 radical (unpaired) electrons. The Labute approximate surface area is 154 Å². The van der Waals surface area contributed by atoms with Crippen LogP contribution in [0.2, 0.25) is 0 Å². The minimum atomic E-state index is 0.659. The molecule has 25 heavy (non-hydrogen) atoms. The zero-order valence-corrected chi connectivity index (χ0v) is 15.9. The van der Waals surface area contributed by atoms with E-state index in [2.05, 4.69) is 64.3 Å². The van der Waals surface area contributed by atoms with Gasteiger partial charge in [-0.1, -0.05) is 25.1 Å². The van der Waals surface area contributed by atoms with Gasteiger partial charge in [-0.15, -0.1) is 11.3 Å². The van der Waals surface area contributed by atoms with Crippen LogP contribution in [0.3, 0.4) is 0 Å². The van der Waals surface area contributed by atoms with Crippen LogP contribution in [0, 0.1) is 0 Å². The number of nitrogens with zero attached hydrogens (tertiary/aromatic N) is 4. The van der Waals surface area contributed by atoms with Crippen LogP contribution in [0.15, 0.2) is 41.5 Å². The Morgan fingerprint density at radius 1 is 1.16 bits per heavy atom. The SMILES string of the molecule is CCNC(=NCc1ncc(CC)s1)N1CCN(c2ccccc2)CC1. The predicted octanol–water partition coefficient (Wildman–Crippen LogP) is 2.99. The standard InChI is InChI=1S/C19H27N5S/c1-3-17-14-21-18(25-17)15-22-19(20-4-2)24-12-10-23(11-13-24)16-8-6-5-7-9-16/h5-9,14H,3-4,10-13,15H2,1-2H3,(H,20,22). The maximum absolute atomic E-state index is 4.81. The van der Waals surface area contributed by atoms with Crippen LogP contribution in [0.5, 0.6) is 0 Å². The van der Waals surface area contributed by atoms with Crippen LogP contribution < -0.4 is 10.2 Å². The molecular formula is C19H27N5S. The van der Waals surface area contributed by atoms with Crippen LogP contribution in [0.4, 0.5) is 5.69 Å². The van der Waals surface area contributed by atoms with E-state index in [0.717, 1.165) is 50.1 Å². The lowest BCUT2D eigenvalue weighted by molar-refractivity contribution is 0.372. The largest absolute Gasteiger partial charge is 0.368 e. The molecule has 0 amide bonds. The van der Waals surface area contributed by atoms with Gasteiger partial charge in [0.2, 0.25) is 0 Å². The molecule has 0 saturated carbocycles. The van der Waals surface area contributed by atoms with E-state index >= 15 is 0 Å². The fourth-order valence-electron chi connectivity index (χ4n) is 2.97. The summed E-state index contributed by atoms with van der Waals surface area (Å²) >= 11 is 1.76. The average molecular weight is 358 g/mol. The maximum Gasteiger partial charge on any atom is 0.194 e. The van der Waals surface area contributed by atoms with E-state index in [1.54, 1.807) is 11.3 Å². The quantitative estimate of drug-likeness (QED) is 0.660. The predicted molar refractivity (Wildman–Crippen MR) is 107 cm³/mol. The summed E-state index contributed by atoms with van der Waals surface area (Å²) in [5.74, 6) is 1.00. The molecule has 3 rings (SSSR count). The Balaban J connectivity index is 1.60. The Morgan fingerprint density at radius 3 is 2.56 bits per heavy atom. The summed E-state index contributed by atoms with van der Waals surface area (Å²) in [7, 11) is 0. The number of para-hydroxylation sites is 1. The summed E-state index contributed by atoms with van der Waals surface area (Å²) in [5, 5.41) is 4.52. The molecule has 0 spiro atoms. The molecule has 1 aromatic heterocycles. The van der Waals surface area contributed by atoms with E-state index in [-0.39, 0.29) is 0 Å². The lowest BCUT2D eigenvalue weighted by Gasteiger charge is -2.37. The first-order valence-corrected chi connectivity index (χ1v) is 9.88. The molecule has 2 heterocycles. The van der Waals surface area contributed by atoms with Crippen molar-refractivity contribution in [1.82, 2.24) is 15.2 Å². The maximum atomic E-state index is 4.81. The molecule has 1 N–H and O–H groups in total. The van der Waals surface area contributed by atoms with Crippen LogP contribution in [-0.4, -0.2) is 48.6 Å². The summed E-state index contributed by atoms with van der Waals surface area (Å²) in [4.78, 5) is 15.4. The average Bonchev–Trinajstić information content (AvgIpc) is 3.14. The molecule has 0 unspecified atom stereocenters. The van der Waals surface area contributed by atoms with Crippen molar-refractivity contribution >= 4 is 23.0 Å². The lowest BCUT2D eigenvalue weighted by atomic mass is 10.2. The van der Waals surface area contributed by atoms with Crippen LogP contribution in [0.25, 0.3) is 0 Å². The van der Waals surface area contributed by atoms with Gasteiger partial charge >= 0.3 is 0 Å². The Hall–Kier alpha value is -2.08. The normalized spacial score (nSPS) is 15.5. The number of guanidine groups is 1. The highest BCUT2D eigenvalue weighted by Gasteiger charge is 2.19. The highest BCUT2D eigenvalue weighted by molar-refractivity contribution is 7.11. The number of aliphatic imine (C=N–C) groups is 1. The molecule has 1 aliphatic rings. The number of piperazine rings is 1. The third kappa shape index (κ3) is 4.72. The van der Waals surface area contributed by atoms with E-state index in [1.807, 2.05) is 6.20 Å². The number of aryl methyl sites for hydroxylation is 1. The first-order valence-electron chi connectivity index (χ1n) is 9.07. The van der Waals surface area contributed by atoms with Gasteiger partial charge in [0.25, 0.3) is 0 Å². The van der Waals surface area contributed by atoms with Crippen molar-refractivity contribution in [1.29, 1.82) is 0 Å². The van der Waals surface area contributed by atoms with Crippen molar-refractivity contribution in [3.63, 3.8) is 0 Å². The highest BCUT2D eigenvalue weighted by atomic mass is 32.1. The van der Waals surface area contributed by atoms with Gasteiger partial charge in [-0.05, 0) is 25.5 Å². The zero-order chi connectivity index (χ0) is 17.5. The first-order chi connectivity index (χ1) is 12.3. The molecule has 0 atom stereocenters. The second kappa shape index (κ2) is 8.85. The zero-order valence-electron chi connectivity index (χ0n) is 15.1. The minimum absolute atomic E-state index is 0.659. The van der Waals surface area contributed by atoms with Crippen molar-refractivity contribution in [2.45, 2.75) is 26.8 Å². The number of anilines is 1. The second-order valence-electron chi connectivity index (χ2n) is 6.05. The van der Waals surface area contributed by atoms with E-state index in [4.69, 9.17) is 4.99 Å². The Bertz CT molecular complexity index is 674. The number of aromatic nitrogens is 1. The molecule has 0 aliphatic carbocycles. The van der Waals surface area contributed by atoms with Gasteiger partial charge in [0.05, 0.1) is 6.54 Å². The van der Waals surface area contributed by atoms with E-state index in [1.165, 1.54) is 10.6 Å². The molecule has 1 saturated heterocycles. The van der Waals surface area contributed by atoms with Crippen molar-refractivity contribution < 1.29 is 0 Å². The number of rotatable bonds is 5. The van der Waals surface area contributed by atoms with Crippen molar-refractivity contribution in [2.75, 3.05) is 37.6 Å². The van der Waals surface area contributed by atoms with E-state index < -0.39 is 0 Å². The van der Waals surface area contributed by atoms with Crippen LogP contribution >= 0.6 is 11.3 Å². The number of hydrogen-bond acceptors (Lipinski definition) is 4. The molecule has 1 aromatic carbocycles. The fraction of sp³-hybridized carbons (Fsp3) is 0.474. The molecule has 0 bridgehead atoms. The van der Waals surface area contributed by atoms with Gasteiger partial charge in [0.15, 0.2) is 5.96 Å². The Kier molecular flexibility index (Phi) is 6.28. The Morgan fingerprint density at radius 2 is 1.92 bits per heavy atom. The third-order valence-corrected chi connectivity index (χ3v) is 5.48. The monoisotopic (exact) mass is 357 g/mol. The molecule has 6 heteroatoms. The lowest BCUT2D eigenvalue weighted by Crippen LogP contribution is -2.52. The summed E-state index contributed by atoms with van der Waals surface area (Å²) in [6, 6.07) is 10.6. The van der Waals surface area contributed by atoms with Crippen LogP contribution in [-0.2, 0) is 13.0 Å². The smallest absolute Gasteiger partial charge is 0.194 e. The van der Waals surface area contributed by atoms with Gasteiger partial charge in [-0.2, -0.15) is 0 Å². The topological polar surface area (TPSA) is 43.8 Å². The summed E-state index contributed by atoms with van der Waals surface area (Å²) in [5.41, 5.74) is 1.30. The molecular weight excluding hydrogens is 330 g/mol. The summed E-state index contributed by atoms with van der Waals surface area (Å²) in [6.07, 6.45) is 3.02. The van der Waals surface area contributed by atoms with Crippen LogP contribution in [0.1, 0.15) is 23.7 Å². The number of hydrogen-bond donors (Lipinski definition) is 1. The number of nitrogens with one attached hydrogen (secondary N) is 1. The number of benzene rings is 1. The minimum Gasteiger partial charge on any atom is -0.368 e. The molecule has 2 aromatic rings. The molecule has 1 fully saturated rings. The highest BCUT2D eigenvalue weighted by Crippen LogP contribution is 2.17. The van der Waals surface area contributed by atoms with Crippen molar-refractivity contribution in [3.8, 4) is 0 Å². The fourth-order valence-corrected chi connectivity index (χ4v) is 3.76. The van der Waals surface area contributed by atoms with Gasteiger partial charge in [0.1, 0.15) is 5.01 Å². The van der Waals surface area contributed by atoms with Crippen molar-refractivity contribution in [2.24, 2.45) is 4.99 Å². The van der Waals surface area contributed by atoms with Crippen molar-refractivity contribution in [3.05, 3.63) is 46.4 Å². The molecule has 5 nitrogen and oxygen atoms in total. The summed E-state index contributed by atoms with van der Waals surface area (Å²) in [6.45, 7) is 9.84.